The lowest BCUT2D eigenvalue weighted by atomic mass is 9.99. The van der Waals surface area contributed by atoms with Crippen LogP contribution in [0, 0.1) is 10.1 Å². The van der Waals surface area contributed by atoms with Crippen molar-refractivity contribution in [3.8, 4) is 0 Å². The molecule has 1 fully saturated rings. The third-order valence-corrected chi connectivity index (χ3v) is 6.14. The van der Waals surface area contributed by atoms with E-state index >= 15 is 0 Å². The molecule has 3 aliphatic heterocycles. The highest BCUT2D eigenvalue weighted by Crippen LogP contribution is 2.33. The van der Waals surface area contributed by atoms with Gasteiger partial charge >= 0.3 is 0 Å². The molecule has 2 aromatic rings. The van der Waals surface area contributed by atoms with Crippen LogP contribution < -0.4 is 4.90 Å². The zero-order chi connectivity index (χ0) is 22.9. The monoisotopic (exact) mass is 468 g/mol. The summed E-state index contributed by atoms with van der Waals surface area (Å²) in [6.07, 6.45) is 0. The van der Waals surface area contributed by atoms with E-state index in [0.29, 0.717) is 53.3 Å². The van der Waals surface area contributed by atoms with E-state index in [1.807, 2.05) is 18.2 Å². The number of hydrazone groups is 1. The van der Waals surface area contributed by atoms with Crippen LogP contribution in [0.3, 0.4) is 0 Å². The number of benzene rings is 2. The first-order valence-electron chi connectivity index (χ1n) is 10.5. The quantitative estimate of drug-likeness (QED) is 0.504. The molecule has 2 aromatic carbocycles. The van der Waals surface area contributed by atoms with E-state index in [2.05, 4.69) is 10.0 Å². The fraction of sp³-hybridized carbons (Fsp3) is 0.318. The van der Waals surface area contributed by atoms with E-state index in [1.54, 1.807) is 17.0 Å². The smallest absolute Gasteiger partial charge is 0.270 e. The Morgan fingerprint density at radius 3 is 2.67 bits per heavy atom. The number of morpholine rings is 1. The topological polar surface area (TPSA) is 104 Å². The molecule has 33 heavy (non-hydrogen) atoms. The maximum absolute atomic E-state index is 13.0. The number of halogens is 1. The van der Waals surface area contributed by atoms with Crippen molar-refractivity contribution in [1.29, 1.82) is 0 Å². The predicted molar refractivity (Wildman–Crippen MR) is 124 cm³/mol. The van der Waals surface area contributed by atoms with Gasteiger partial charge in [-0.25, -0.2) is 5.01 Å². The number of ether oxygens (including phenoxy) is 1. The van der Waals surface area contributed by atoms with E-state index in [4.69, 9.17) is 21.3 Å². The molecule has 3 heterocycles. The van der Waals surface area contributed by atoms with Gasteiger partial charge in [0.2, 0.25) is 0 Å². The number of hydrogen-bond donors (Lipinski definition) is 0. The second kappa shape index (κ2) is 8.89. The van der Waals surface area contributed by atoms with Crippen LogP contribution in [-0.2, 0) is 9.53 Å². The Bertz CT molecular complexity index is 1180. The molecule has 10 nitrogen and oxygen atoms in total. The number of carbonyl (C=O) groups is 1. The summed E-state index contributed by atoms with van der Waals surface area (Å²) in [6, 6.07) is 11.8. The van der Waals surface area contributed by atoms with Crippen molar-refractivity contribution in [3.05, 3.63) is 68.7 Å². The minimum absolute atomic E-state index is 0.0637. The summed E-state index contributed by atoms with van der Waals surface area (Å²) >= 11 is 6.45. The van der Waals surface area contributed by atoms with E-state index in [0.717, 1.165) is 13.1 Å². The van der Waals surface area contributed by atoms with Gasteiger partial charge in [0.1, 0.15) is 6.54 Å². The van der Waals surface area contributed by atoms with Crippen LogP contribution in [0.2, 0.25) is 5.02 Å². The minimum Gasteiger partial charge on any atom is -0.379 e. The summed E-state index contributed by atoms with van der Waals surface area (Å²) in [6.45, 7) is 3.38. The Hall–Kier alpha value is -3.34. The summed E-state index contributed by atoms with van der Waals surface area (Å²) < 4.78 is 5.38. The normalized spacial score (nSPS) is 18.8. The van der Waals surface area contributed by atoms with Crippen molar-refractivity contribution in [1.82, 2.24) is 9.91 Å². The highest BCUT2D eigenvalue weighted by atomic mass is 35.5. The Morgan fingerprint density at radius 1 is 1.12 bits per heavy atom. The fourth-order valence-electron chi connectivity index (χ4n) is 4.12. The summed E-state index contributed by atoms with van der Waals surface area (Å²) in [5.41, 5.74) is 2.31. The Labute approximate surface area is 194 Å². The van der Waals surface area contributed by atoms with Gasteiger partial charge in [0.25, 0.3) is 11.6 Å². The van der Waals surface area contributed by atoms with Crippen LogP contribution in [0.1, 0.15) is 11.1 Å². The lowest BCUT2D eigenvalue weighted by Gasteiger charge is -2.36. The van der Waals surface area contributed by atoms with E-state index in [9.17, 15) is 14.9 Å². The zero-order valence-electron chi connectivity index (χ0n) is 17.7. The van der Waals surface area contributed by atoms with Gasteiger partial charge in [-0.3, -0.25) is 24.8 Å². The van der Waals surface area contributed by atoms with Crippen molar-refractivity contribution >= 4 is 40.4 Å². The minimum atomic E-state index is -0.449. The van der Waals surface area contributed by atoms with Crippen molar-refractivity contribution in [2.75, 3.05) is 51.0 Å². The molecule has 11 heteroatoms. The molecule has 0 aromatic heterocycles. The number of anilines is 1. The van der Waals surface area contributed by atoms with Crippen molar-refractivity contribution in [2.24, 2.45) is 10.1 Å². The zero-order valence-corrected chi connectivity index (χ0v) is 18.4. The van der Waals surface area contributed by atoms with Crippen LogP contribution in [-0.4, -0.2) is 78.3 Å². The molecular weight excluding hydrogens is 448 g/mol. The Balaban J connectivity index is 1.57. The van der Waals surface area contributed by atoms with Gasteiger partial charge in [0, 0.05) is 41.4 Å². The molecular formula is C22H21ClN6O4. The first kappa shape index (κ1) is 21.5. The molecule has 0 spiro atoms. The summed E-state index contributed by atoms with van der Waals surface area (Å²) in [5, 5.41) is 18.1. The van der Waals surface area contributed by atoms with Crippen LogP contribution in [0.25, 0.3) is 0 Å². The van der Waals surface area contributed by atoms with Crippen molar-refractivity contribution < 1.29 is 14.5 Å². The van der Waals surface area contributed by atoms with Crippen LogP contribution in [0.15, 0.2) is 52.6 Å². The number of aliphatic imine (C=N–C) groups is 1. The number of nitro groups is 1. The number of nitrogens with zero attached hydrogens (tertiary/aromatic N) is 6. The SMILES string of the molecule is O=C1CN2C(=NN1CN1CCOCC1)CN=C(c1ccccc1Cl)c1cc([N+](=O)[O-])ccc12. The summed E-state index contributed by atoms with van der Waals surface area (Å²) in [7, 11) is 0. The molecule has 1 amide bonds. The fourth-order valence-corrected chi connectivity index (χ4v) is 4.35. The third-order valence-electron chi connectivity index (χ3n) is 5.81. The van der Waals surface area contributed by atoms with Crippen LogP contribution in [0.5, 0.6) is 0 Å². The number of non-ortho nitro benzene ring substituents is 1. The largest absolute Gasteiger partial charge is 0.379 e. The average molecular weight is 469 g/mol. The van der Waals surface area contributed by atoms with E-state index < -0.39 is 4.92 Å². The lowest BCUT2D eigenvalue weighted by Crippen LogP contribution is -2.52. The van der Waals surface area contributed by atoms with Gasteiger partial charge in [0.05, 0.1) is 42.7 Å². The number of amides is 1. The number of fused-ring (bicyclic) bond motifs is 3. The van der Waals surface area contributed by atoms with Gasteiger partial charge in [-0.1, -0.05) is 29.8 Å². The molecule has 0 aliphatic carbocycles. The highest BCUT2D eigenvalue weighted by Gasteiger charge is 2.33. The van der Waals surface area contributed by atoms with Crippen LogP contribution >= 0.6 is 11.6 Å². The highest BCUT2D eigenvalue weighted by molar-refractivity contribution is 6.36. The number of carbonyl (C=O) groups excluding carboxylic acids is 1. The number of amidine groups is 1. The molecule has 0 N–H and O–H groups in total. The standard InChI is InChI=1S/C22H21ClN6O4/c23-18-4-2-1-3-16(18)22-17-11-15(29(31)32)5-6-19(17)27-13-21(30)28(25-20(27)12-24-22)14-26-7-9-33-10-8-26/h1-6,11H,7-10,12-14H2. The molecule has 1 saturated heterocycles. The molecule has 0 radical (unpaired) electrons. The van der Waals surface area contributed by atoms with Gasteiger partial charge < -0.3 is 9.64 Å². The van der Waals surface area contributed by atoms with Crippen LogP contribution in [0.4, 0.5) is 11.4 Å². The molecule has 0 atom stereocenters. The average Bonchev–Trinajstić information content (AvgIpc) is 2.97. The number of nitro benzene ring substituents is 1. The summed E-state index contributed by atoms with van der Waals surface area (Å²) in [4.78, 5) is 32.7. The first-order chi connectivity index (χ1) is 16.0. The molecule has 0 bridgehead atoms. The van der Waals surface area contributed by atoms with Gasteiger partial charge in [0.15, 0.2) is 5.84 Å². The summed E-state index contributed by atoms with van der Waals surface area (Å²) in [5.74, 6) is 0.441. The van der Waals surface area contributed by atoms with E-state index in [1.165, 1.54) is 17.1 Å². The maximum Gasteiger partial charge on any atom is 0.270 e. The molecule has 0 saturated carbocycles. The lowest BCUT2D eigenvalue weighted by molar-refractivity contribution is -0.384. The van der Waals surface area contributed by atoms with Crippen molar-refractivity contribution in [2.45, 2.75) is 0 Å². The Morgan fingerprint density at radius 2 is 1.91 bits per heavy atom. The third kappa shape index (κ3) is 4.20. The van der Waals surface area contributed by atoms with Crippen molar-refractivity contribution in [3.63, 3.8) is 0 Å². The Kier molecular flexibility index (Phi) is 5.79. The van der Waals surface area contributed by atoms with Gasteiger partial charge in [-0.05, 0) is 12.1 Å². The first-order valence-corrected chi connectivity index (χ1v) is 10.9. The molecule has 170 valence electrons. The van der Waals surface area contributed by atoms with Gasteiger partial charge in [-0.2, -0.15) is 5.10 Å². The van der Waals surface area contributed by atoms with Gasteiger partial charge in [-0.15, -0.1) is 0 Å². The molecule has 0 unspecified atom stereocenters. The van der Waals surface area contributed by atoms with E-state index in [-0.39, 0.29) is 24.7 Å². The number of hydrogen-bond acceptors (Lipinski definition) is 8. The second-order valence-electron chi connectivity index (χ2n) is 7.87. The number of rotatable bonds is 4. The maximum atomic E-state index is 13.0. The molecule has 5 rings (SSSR count). The molecule has 3 aliphatic rings. The second-order valence-corrected chi connectivity index (χ2v) is 8.28. The predicted octanol–water partition coefficient (Wildman–Crippen LogP) is 2.35.